The Hall–Kier alpha value is -3.08. The van der Waals surface area contributed by atoms with Crippen LogP contribution < -0.4 is 5.32 Å². The summed E-state index contributed by atoms with van der Waals surface area (Å²) in [7, 11) is 0. The molecule has 26 heavy (non-hydrogen) atoms. The molecule has 1 aromatic heterocycles. The highest BCUT2D eigenvalue weighted by Gasteiger charge is 2.21. The Morgan fingerprint density at radius 2 is 1.92 bits per heavy atom. The summed E-state index contributed by atoms with van der Waals surface area (Å²) in [4.78, 5) is 24.1. The van der Waals surface area contributed by atoms with E-state index < -0.39 is 0 Å². The predicted octanol–water partition coefficient (Wildman–Crippen LogP) is 4.42. The largest absolute Gasteiger partial charge is 0.456 e. The fourth-order valence-electron chi connectivity index (χ4n) is 3.26. The van der Waals surface area contributed by atoms with Gasteiger partial charge in [0, 0.05) is 16.5 Å². The van der Waals surface area contributed by atoms with Crippen LogP contribution in [-0.4, -0.2) is 18.5 Å². The average Bonchev–Trinajstić information content (AvgIpc) is 3.05. The highest BCUT2D eigenvalue weighted by molar-refractivity contribution is 6.07. The van der Waals surface area contributed by atoms with E-state index in [9.17, 15) is 9.59 Å². The van der Waals surface area contributed by atoms with Gasteiger partial charge in [0.2, 0.25) is 0 Å². The van der Waals surface area contributed by atoms with E-state index in [2.05, 4.69) is 11.4 Å². The molecule has 1 aliphatic rings. The number of esters is 1. The maximum atomic E-state index is 12.1. The van der Waals surface area contributed by atoms with Crippen LogP contribution in [0.25, 0.3) is 21.9 Å². The summed E-state index contributed by atoms with van der Waals surface area (Å²) >= 11 is 0. The van der Waals surface area contributed by atoms with Crippen LogP contribution in [0.2, 0.25) is 0 Å². The van der Waals surface area contributed by atoms with Crippen molar-refractivity contribution in [2.45, 2.75) is 19.3 Å². The number of nitrogens with one attached hydrogen (secondary N) is 1. The van der Waals surface area contributed by atoms with Crippen LogP contribution >= 0.6 is 0 Å². The van der Waals surface area contributed by atoms with Crippen molar-refractivity contribution in [3.63, 3.8) is 0 Å². The molecule has 2 aromatic carbocycles. The maximum Gasteiger partial charge on any atom is 0.309 e. The summed E-state index contributed by atoms with van der Waals surface area (Å²) in [5.74, 6) is -0.793. The number of amides is 1. The number of ether oxygens (including phenoxy) is 1. The Morgan fingerprint density at radius 1 is 1.08 bits per heavy atom. The van der Waals surface area contributed by atoms with Crippen molar-refractivity contribution in [3.05, 3.63) is 54.6 Å². The van der Waals surface area contributed by atoms with Crippen LogP contribution in [0.3, 0.4) is 0 Å². The molecule has 0 fully saturated rings. The highest BCUT2D eigenvalue weighted by atomic mass is 16.5. The first-order valence-corrected chi connectivity index (χ1v) is 8.73. The highest BCUT2D eigenvalue weighted by Crippen LogP contribution is 2.30. The van der Waals surface area contributed by atoms with E-state index in [0.29, 0.717) is 12.1 Å². The van der Waals surface area contributed by atoms with E-state index in [0.717, 1.165) is 34.8 Å². The van der Waals surface area contributed by atoms with Gasteiger partial charge in [0.25, 0.3) is 5.91 Å². The minimum Gasteiger partial charge on any atom is -0.456 e. The molecule has 4 rings (SSSR count). The zero-order chi connectivity index (χ0) is 17.9. The van der Waals surface area contributed by atoms with Crippen LogP contribution in [0.5, 0.6) is 0 Å². The maximum absolute atomic E-state index is 12.1. The summed E-state index contributed by atoms with van der Waals surface area (Å²) < 4.78 is 10.9. The number of anilines is 1. The van der Waals surface area contributed by atoms with E-state index in [1.165, 1.54) is 0 Å². The van der Waals surface area contributed by atoms with Gasteiger partial charge in [-0.1, -0.05) is 30.4 Å². The fourth-order valence-corrected chi connectivity index (χ4v) is 3.26. The topological polar surface area (TPSA) is 68.5 Å². The molecule has 5 heteroatoms. The summed E-state index contributed by atoms with van der Waals surface area (Å²) in [5, 5.41) is 4.71. The number of furan rings is 1. The number of para-hydroxylation sites is 1. The molecule has 1 aliphatic carbocycles. The summed E-state index contributed by atoms with van der Waals surface area (Å²) in [5.41, 5.74) is 2.22. The Bertz CT molecular complexity index is 1000. The lowest BCUT2D eigenvalue weighted by Crippen LogP contribution is -2.25. The lowest BCUT2D eigenvalue weighted by Gasteiger charge is -2.16. The van der Waals surface area contributed by atoms with Crippen LogP contribution in [0.4, 0.5) is 5.69 Å². The first kappa shape index (κ1) is 16.4. The second-order valence-electron chi connectivity index (χ2n) is 6.45. The Morgan fingerprint density at radius 3 is 2.77 bits per heavy atom. The quantitative estimate of drug-likeness (QED) is 0.559. The summed E-state index contributed by atoms with van der Waals surface area (Å²) in [6.45, 7) is -0.275. The summed E-state index contributed by atoms with van der Waals surface area (Å²) in [6, 6.07) is 13.2. The predicted molar refractivity (Wildman–Crippen MR) is 99.8 cm³/mol. The first-order chi connectivity index (χ1) is 12.7. The molecule has 0 unspecified atom stereocenters. The number of carbonyl (C=O) groups is 2. The lowest BCUT2D eigenvalue weighted by atomic mass is 9.95. The normalized spacial score (nSPS) is 16.7. The van der Waals surface area contributed by atoms with Crippen molar-refractivity contribution >= 4 is 39.5 Å². The zero-order valence-electron chi connectivity index (χ0n) is 14.2. The van der Waals surface area contributed by atoms with Gasteiger partial charge >= 0.3 is 5.97 Å². The molecular weight excluding hydrogens is 330 g/mol. The monoisotopic (exact) mass is 349 g/mol. The first-order valence-electron chi connectivity index (χ1n) is 8.73. The fraction of sp³-hybridized carbons (Fsp3) is 0.238. The molecule has 1 heterocycles. The van der Waals surface area contributed by atoms with Gasteiger partial charge in [-0.3, -0.25) is 9.59 Å². The van der Waals surface area contributed by atoms with Crippen molar-refractivity contribution in [1.29, 1.82) is 0 Å². The molecule has 0 bridgehead atoms. The molecule has 1 amide bonds. The van der Waals surface area contributed by atoms with Crippen molar-refractivity contribution in [3.8, 4) is 0 Å². The number of allylic oxidation sites excluding steroid dienone is 2. The van der Waals surface area contributed by atoms with Crippen molar-refractivity contribution in [2.75, 3.05) is 11.9 Å². The van der Waals surface area contributed by atoms with Crippen molar-refractivity contribution in [2.24, 2.45) is 5.92 Å². The number of hydrogen-bond donors (Lipinski definition) is 1. The molecule has 0 saturated carbocycles. The second kappa shape index (κ2) is 7.04. The molecule has 0 saturated heterocycles. The Kier molecular flexibility index (Phi) is 4.44. The van der Waals surface area contributed by atoms with Gasteiger partial charge in [-0.15, -0.1) is 0 Å². The van der Waals surface area contributed by atoms with Crippen molar-refractivity contribution < 1.29 is 18.7 Å². The molecule has 1 atom stereocenters. The average molecular weight is 349 g/mol. The molecule has 0 radical (unpaired) electrons. The molecule has 3 aromatic rings. The van der Waals surface area contributed by atoms with Gasteiger partial charge in [-0.05, 0) is 43.5 Å². The van der Waals surface area contributed by atoms with Crippen LogP contribution in [0.1, 0.15) is 19.3 Å². The molecule has 5 nitrogen and oxygen atoms in total. The minimum absolute atomic E-state index is 0.138. The minimum atomic E-state index is -0.350. The molecule has 1 N–H and O–H groups in total. The van der Waals surface area contributed by atoms with Gasteiger partial charge < -0.3 is 14.5 Å². The van der Waals surface area contributed by atoms with E-state index in [1.54, 1.807) is 6.07 Å². The number of fused-ring (bicyclic) bond motifs is 3. The lowest BCUT2D eigenvalue weighted by molar-refractivity contribution is -0.151. The Labute approximate surface area is 150 Å². The van der Waals surface area contributed by atoms with Gasteiger partial charge in [-0.2, -0.15) is 0 Å². The number of benzene rings is 2. The SMILES string of the molecule is O=C(COC(=O)[C@H]1CC=CCC1)Nc1ccc2oc3ccccc3c2c1. The van der Waals surface area contributed by atoms with Crippen LogP contribution in [0.15, 0.2) is 59.0 Å². The van der Waals surface area contributed by atoms with Gasteiger partial charge in [-0.25, -0.2) is 0 Å². The smallest absolute Gasteiger partial charge is 0.309 e. The second-order valence-corrected chi connectivity index (χ2v) is 6.45. The summed E-state index contributed by atoms with van der Waals surface area (Å²) in [6.07, 6.45) is 6.39. The molecule has 0 spiro atoms. The zero-order valence-corrected chi connectivity index (χ0v) is 14.2. The van der Waals surface area contributed by atoms with Crippen LogP contribution in [-0.2, 0) is 14.3 Å². The third kappa shape index (κ3) is 3.33. The number of carbonyl (C=O) groups excluding carboxylic acids is 2. The standard InChI is InChI=1S/C21H19NO4/c23-20(13-25-21(24)14-6-2-1-3-7-14)22-15-10-11-19-17(12-15)16-8-4-5-9-18(16)26-19/h1-2,4-5,8-12,14H,3,6-7,13H2,(H,22,23)/t14-/m0/s1. The van der Waals surface area contributed by atoms with Crippen LogP contribution in [0, 0.1) is 5.92 Å². The van der Waals surface area contributed by atoms with E-state index in [-0.39, 0.29) is 24.4 Å². The molecular formula is C21H19NO4. The van der Waals surface area contributed by atoms with Gasteiger partial charge in [0.05, 0.1) is 5.92 Å². The van der Waals surface area contributed by atoms with E-state index >= 15 is 0 Å². The van der Waals surface area contributed by atoms with E-state index in [1.807, 2.05) is 42.5 Å². The number of rotatable bonds is 4. The van der Waals surface area contributed by atoms with Gasteiger partial charge in [0.1, 0.15) is 11.2 Å². The third-order valence-corrected chi connectivity index (χ3v) is 4.61. The van der Waals surface area contributed by atoms with Gasteiger partial charge in [0.15, 0.2) is 6.61 Å². The van der Waals surface area contributed by atoms with E-state index in [4.69, 9.17) is 9.15 Å². The van der Waals surface area contributed by atoms with Crippen molar-refractivity contribution in [1.82, 2.24) is 0 Å². The molecule has 132 valence electrons. The number of hydrogen-bond acceptors (Lipinski definition) is 4. The Balaban J connectivity index is 1.41. The molecule has 0 aliphatic heterocycles. The third-order valence-electron chi connectivity index (χ3n) is 4.61.